The van der Waals surface area contributed by atoms with Gasteiger partial charge >= 0.3 is 0 Å². The maximum Gasteiger partial charge on any atom is 0.133 e. The molecule has 0 aliphatic carbocycles. The van der Waals surface area contributed by atoms with E-state index in [2.05, 4.69) is 11.9 Å². The Morgan fingerprint density at radius 3 is 2.25 bits per heavy atom. The van der Waals surface area contributed by atoms with Gasteiger partial charge in [0.15, 0.2) is 0 Å². The Labute approximate surface area is 132 Å². The molecule has 1 aromatic heterocycles. The second kappa shape index (κ2) is 5.25. The Morgan fingerprint density at radius 1 is 0.900 bits per heavy atom. The van der Waals surface area contributed by atoms with Gasteiger partial charge in [-0.05, 0) is 35.7 Å². The van der Waals surface area contributed by atoms with Crippen LogP contribution in [0.3, 0.4) is 0 Å². The summed E-state index contributed by atoms with van der Waals surface area (Å²) in [6, 6.07) is 13.4. The Hall–Kier alpha value is -1.28. The molecule has 20 heavy (non-hydrogen) atoms. The SMILES string of the molecule is [CH2]c1c(Cl)nc2cc(Cl)c(Cl)cc2c1-c1ccccc1. The summed E-state index contributed by atoms with van der Waals surface area (Å²) in [6.07, 6.45) is 0. The van der Waals surface area contributed by atoms with E-state index in [1.54, 1.807) is 12.1 Å². The number of fused-ring (bicyclic) bond motifs is 1. The highest BCUT2D eigenvalue weighted by Crippen LogP contribution is 2.37. The van der Waals surface area contributed by atoms with Gasteiger partial charge in [0, 0.05) is 5.39 Å². The monoisotopic (exact) mass is 320 g/mol. The Bertz CT molecular complexity index is 793. The van der Waals surface area contributed by atoms with Crippen molar-refractivity contribution in [2.75, 3.05) is 0 Å². The molecule has 0 saturated heterocycles. The van der Waals surface area contributed by atoms with Gasteiger partial charge in [-0.3, -0.25) is 0 Å². The summed E-state index contributed by atoms with van der Waals surface area (Å²) in [7, 11) is 0. The van der Waals surface area contributed by atoms with Crippen molar-refractivity contribution in [2.45, 2.75) is 0 Å². The van der Waals surface area contributed by atoms with E-state index in [4.69, 9.17) is 34.8 Å². The third-order valence-electron chi connectivity index (χ3n) is 3.14. The van der Waals surface area contributed by atoms with Crippen LogP contribution < -0.4 is 0 Å². The van der Waals surface area contributed by atoms with Crippen molar-refractivity contribution >= 4 is 45.7 Å². The Morgan fingerprint density at radius 2 is 1.55 bits per heavy atom. The molecule has 4 heteroatoms. The minimum atomic E-state index is 0.370. The number of pyridine rings is 1. The lowest BCUT2D eigenvalue weighted by molar-refractivity contribution is 1.38. The highest BCUT2D eigenvalue weighted by Gasteiger charge is 2.14. The molecular weight excluding hydrogens is 313 g/mol. The van der Waals surface area contributed by atoms with Crippen LogP contribution in [0.1, 0.15) is 5.56 Å². The van der Waals surface area contributed by atoms with Gasteiger partial charge < -0.3 is 0 Å². The minimum Gasteiger partial charge on any atom is -0.236 e. The largest absolute Gasteiger partial charge is 0.236 e. The molecule has 0 spiro atoms. The van der Waals surface area contributed by atoms with E-state index < -0.39 is 0 Å². The van der Waals surface area contributed by atoms with Crippen molar-refractivity contribution in [3.05, 3.63) is 70.2 Å². The maximum absolute atomic E-state index is 6.19. The molecule has 0 N–H and O–H groups in total. The molecule has 0 unspecified atom stereocenters. The molecule has 0 fully saturated rings. The van der Waals surface area contributed by atoms with E-state index in [0.717, 1.165) is 16.5 Å². The van der Waals surface area contributed by atoms with Crippen LogP contribution in [0.2, 0.25) is 15.2 Å². The average molecular weight is 322 g/mol. The first kappa shape index (κ1) is 13.7. The number of hydrogen-bond donors (Lipinski definition) is 0. The summed E-state index contributed by atoms with van der Waals surface area (Å²) in [5.74, 6) is 0. The van der Waals surface area contributed by atoms with E-state index in [-0.39, 0.29) is 0 Å². The maximum atomic E-state index is 6.19. The summed E-state index contributed by atoms with van der Waals surface area (Å²) in [6.45, 7) is 4.03. The molecule has 0 saturated carbocycles. The van der Waals surface area contributed by atoms with Gasteiger partial charge in [-0.25, -0.2) is 4.98 Å². The molecule has 1 radical (unpaired) electrons. The summed E-state index contributed by atoms with van der Waals surface area (Å²) in [5, 5.41) is 2.20. The van der Waals surface area contributed by atoms with E-state index in [1.165, 1.54) is 0 Å². The summed E-state index contributed by atoms with van der Waals surface area (Å²) in [4.78, 5) is 4.32. The number of nitrogens with zero attached hydrogens (tertiary/aromatic N) is 1. The standard InChI is InChI=1S/C16H9Cl3N/c1-9-15(10-5-3-2-4-6-10)11-7-12(17)13(18)8-14(11)20-16(9)19/h2-8H,1H2. The fraction of sp³-hybridized carbons (Fsp3) is 0. The highest BCUT2D eigenvalue weighted by atomic mass is 35.5. The molecule has 0 amide bonds. The van der Waals surface area contributed by atoms with E-state index in [1.807, 2.05) is 30.3 Å². The molecule has 0 aliphatic rings. The molecular formula is C16H9Cl3N. The highest BCUT2D eigenvalue weighted by molar-refractivity contribution is 6.43. The van der Waals surface area contributed by atoms with Crippen molar-refractivity contribution in [1.82, 2.24) is 4.98 Å². The Balaban J connectivity index is 2.45. The fourth-order valence-electron chi connectivity index (χ4n) is 2.20. The molecule has 1 heterocycles. The van der Waals surface area contributed by atoms with Gasteiger partial charge in [-0.1, -0.05) is 65.1 Å². The molecule has 3 aromatic rings. The summed E-state index contributed by atoms with van der Waals surface area (Å²) >= 11 is 18.4. The normalized spacial score (nSPS) is 11.0. The van der Waals surface area contributed by atoms with Crippen LogP contribution in [0.15, 0.2) is 42.5 Å². The van der Waals surface area contributed by atoms with Crippen LogP contribution in [0.4, 0.5) is 0 Å². The quantitative estimate of drug-likeness (QED) is 0.498. The van der Waals surface area contributed by atoms with Gasteiger partial charge in [0.2, 0.25) is 0 Å². The first-order valence-corrected chi connectivity index (χ1v) is 7.07. The lowest BCUT2D eigenvalue weighted by Gasteiger charge is -2.12. The molecule has 0 bridgehead atoms. The average Bonchev–Trinajstić information content (AvgIpc) is 2.44. The van der Waals surface area contributed by atoms with Crippen LogP contribution in [0, 0.1) is 6.92 Å². The van der Waals surface area contributed by atoms with E-state index >= 15 is 0 Å². The zero-order valence-electron chi connectivity index (χ0n) is 10.3. The van der Waals surface area contributed by atoms with Crippen molar-refractivity contribution < 1.29 is 0 Å². The zero-order valence-corrected chi connectivity index (χ0v) is 12.6. The predicted molar refractivity (Wildman–Crippen MR) is 86.7 cm³/mol. The lowest BCUT2D eigenvalue weighted by Crippen LogP contribution is -1.92. The van der Waals surface area contributed by atoms with Crippen LogP contribution >= 0.6 is 34.8 Å². The van der Waals surface area contributed by atoms with Gasteiger partial charge in [0.25, 0.3) is 0 Å². The number of rotatable bonds is 1. The van der Waals surface area contributed by atoms with Crippen LogP contribution in [-0.4, -0.2) is 4.98 Å². The molecule has 99 valence electrons. The molecule has 2 aromatic carbocycles. The number of aromatic nitrogens is 1. The van der Waals surface area contributed by atoms with Crippen molar-refractivity contribution in [1.29, 1.82) is 0 Å². The van der Waals surface area contributed by atoms with E-state index in [0.29, 0.717) is 26.3 Å². The molecule has 0 atom stereocenters. The number of hydrogen-bond acceptors (Lipinski definition) is 1. The van der Waals surface area contributed by atoms with Crippen LogP contribution in [0.5, 0.6) is 0 Å². The summed E-state index contributed by atoms with van der Waals surface area (Å²) in [5.41, 5.74) is 3.34. The van der Waals surface area contributed by atoms with Crippen LogP contribution in [0.25, 0.3) is 22.0 Å². The second-order valence-electron chi connectivity index (χ2n) is 4.41. The fourth-order valence-corrected chi connectivity index (χ4v) is 2.71. The van der Waals surface area contributed by atoms with Crippen molar-refractivity contribution in [3.8, 4) is 11.1 Å². The van der Waals surface area contributed by atoms with Crippen molar-refractivity contribution in [2.24, 2.45) is 0 Å². The zero-order chi connectivity index (χ0) is 14.3. The predicted octanol–water partition coefficient (Wildman–Crippen LogP) is 6.04. The number of halogens is 3. The topological polar surface area (TPSA) is 12.9 Å². The first-order valence-electron chi connectivity index (χ1n) is 5.93. The van der Waals surface area contributed by atoms with Gasteiger partial charge in [0.1, 0.15) is 5.15 Å². The van der Waals surface area contributed by atoms with E-state index in [9.17, 15) is 0 Å². The minimum absolute atomic E-state index is 0.370. The Kier molecular flexibility index (Phi) is 3.59. The smallest absolute Gasteiger partial charge is 0.133 e. The third-order valence-corrected chi connectivity index (χ3v) is 4.17. The number of benzene rings is 2. The second-order valence-corrected chi connectivity index (χ2v) is 5.58. The summed E-state index contributed by atoms with van der Waals surface area (Å²) < 4.78 is 0. The third kappa shape index (κ3) is 2.26. The lowest BCUT2D eigenvalue weighted by atomic mass is 9.97. The molecule has 0 aliphatic heterocycles. The first-order chi connectivity index (χ1) is 9.58. The van der Waals surface area contributed by atoms with Crippen LogP contribution in [-0.2, 0) is 0 Å². The van der Waals surface area contributed by atoms with Gasteiger partial charge in [0.05, 0.1) is 15.6 Å². The molecule has 1 nitrogen and oxygen atoms in total. The van der Waals surface area contributed by atoms with Crippen molar-refractivity contribution in [3.63, 3.8) is 0 Å². The van der Waals surface area contributed by atoms with Gasteiger partial charge in [-0.2, -0.15) is 0 Å². The molecule has 3 rings (SSSR count). The van der Waals surface area contributed by atoms with Gasteiger partial charge in [-0.15, -0.1) is 0 Å².